The van der Waals surface area contributed by atoms with Crippen LogP contribution in [-0.2, 0) is 4.79 Å². The average molecular weight is 378 g/mol. The van der Waals surface area contributed by atoms with Crippen molar-refractivity contribution in [2.24, 2.45) is 5.41 Å². The summed E-state index contributed by atoms with van der Waals surface area (Å²) in [5.41, 5.74) is -0.450. The maximum atomic E-state index is 11.0. The smallest absolute Gasteiger partial charge is 0.148 e. The van der Waals surface area contributed by atoms with Crippen molar-refractivity contribution in [2.45, 2.75) is 65.4 Å². The monoisotopic (exact) mass is 377 g/mol. The van der Waals surface area contributed by atoms with Crippen LogP contribution in [-0.4, -0.2) is 28.3 Å². The highest BCUT2D eigenvalue weighted by Crippen LogP contribution is 2.27. The zero-order valence-electron chi connectivity index (χ0n) is 15.6. The van der Waals surface area contributed by atoms with Gasteiger partial charge in [-0.05, 0) is 44.9 Å². The number of rotatable bonds is 9. The summed E-state index contributed by atoms with van der Waals surface area (Å²) in [7, 11) is 0. The average Bonchev–Trinajstić information content (AvgIpc) is 2.50. The van der Waals surface area contributed by atoms with E-state index in [0.29, 0.717) is 6.42 Å². The predicted molar refractivity (Wildman–Crippen MR) is 106 cm³/mol. The molecule has 0 bridgehead atoms. The fourth-order valence-electron chi connectivity index (χ4n) is 1.62. The van der Waals surface area contributed by atoms with E-state index in [0.717, 1.165) is 25.7 Å². The summed E-state index contributed by atoms with van der Waals surface area (Å²) in [5.74, 6) is 0.364. The highest BCUT2D eigenvalue weighted by molar-refractivity contribution is 6.27. The molecular formula is C19H33Cl2NO2. The van der Waals surface area contributed by atoms with E-state index in [1.54, 1.807) is 19.9 Å². The number of alkyl halides is 2. The lowest BCUT2D eigenvalue weighted by Crippen LogP contribution is -2.17. The third-order valence-corrected chi connectivity index (χ3v) is 3.29. The summed E-state index contributed by atoms with van der Waals surface area (Å²) < 4.78 is 0. The van der Waals surface area contributed by atoms with Gasteiger partial charge in [0.1, 0.15) is 11.7 Å². The minimum atomic E-state index is -0.520. The minimum Gasteiger partial charge on any atom is -0.390 e. The number of ketones is 1. The van der Waals surface area contributed by atoms with E-state index in [1.807, 2.05) is 12.2 Å². The van der Waals surface area contributed by atoms with Gasteiger partial charge in [0.25, 0.3) is 0 Å². The molecule has 1 N–H and O–H groups in total. The number of nitrogens with zero attached hydrogens (tertiary/aromatic N) is 1. The van der Waals surface area contributed by atoms with Gasteiger partial charge >= 0.3 is 0 Å². The Bertz CT molecular complexity index is 380. The molecule has 0 aliphatic carbocycles. The van der Waals surface area contributed by atoms with Crippen molar-refractivity contribution >= 4 is 29.0 Å². The van der Waals surface area contributed by atoms with Crippen LogP contribution in [0.3, 0.4) is 0 Å². The van der Waals surface area contributed by atoms with Crippen LogP contribution in [0.1, 0.15) is 59.8 Å². The molecule has 5 heteroatoms. The van der Waals surface area contributed by atoms with Gasteiger partial charge in [0.15, 0.2) is 0 Å². The van der Waals surface area contributed by atoms with Crippen LogP contribution in [0.25, 0.3) is 0 Å². The fraction of sp³-hybridized carbons (Fsp3) is 0.684. The van der Waals surface area contributed by atoms with E-state index in [-0.39, 0.29) is 23.0 Å². The van der Waals surface area contributed by atoms with Gasteiger partial charge in [-0.2, -0.15) is 5.26 Å². The molecule has 0 atom stereocenters. The molecule has 24 heavy (non-hydrogen) atoms. The van der Waals surface area contributed by atoms with E-state index in [4.69, 9.17) is 33.6 Å². The van der Waals surface area contributed by atoms with Gasteiger partial charge in [-0.1, -0.05) is 26.0 Å². The molecule has 0 radical (unpaired) electrons. The van der Waals surface area contributed by atoms with E-state index in [1.165, 1.54) is 0 Å². The number of halogens is 2. The summed E-state index contributed by atoms with van der Waals surface area (Å²) >= 11 is 10.2. The largest absolute Gasteiger partial charge is 0.390 e. The second kappa shape index (κ2) is 17.0. The Balaban J connectivity index is -0.000000316. The molecule has 0 aromatic carbocycles. The Kier molecular flexibility index (Phi) is 19.9. The Hall–Kier alpha value is -0.820. The normalized spacial score (nSPS) is 10.2. The number of allylic oxidation sites excluding steroid dienone is 2. The number of carbonyl (C=O) groups excluding carboxylic acids is 1. The maximum Gasteiger partial charge on any atom is 0.148 e. The van der Waals surface area contributed by atoms with Crippen molar-refractivity contribution < 1.29 is 9.90 Å². The highest BCUT2D eigenvalue weighted by atomic mass is 35.5. The van der Waals surface area contributed by atoms with Gasteiger partial charge in [0, 0.05) is 6.42 Å². The third kappa shape index (κ3) is 29.2. The van der Waals surface area contributed by atoms with Crippen molar-refractivity contribution in [3.63, 3.8) is 0 Å². The van der Waals surface area contributed by atoms with Gasteiger partial charge in [0.2, 0.25) is 0 Å². The number of hydrogen-bond donors (Lipinski definition) is 1. The molecule has 0 aromatic rings. The molecule has 0 aliphatic heterocycles. The SMILES string of the molecule is C=CCCC(C)(C)CC(=O)CCl.C=CCCC(C)(C)O.N#CCCl. The number of aliphatic hydroxyl groups is 1. The van der Waals surface area contributed by atoms with Gasteiger partial charge in [-0.3, -0.25) is 4.79 Å². The van der Waals surface area contributed by atoms with Crippen LogP contribution in [0, 0.1) is 16.7 Å². The molecule has 3 nitrogen and oxygen atoms in total. The second-order valence-corrected chi connectivity index (χ2v) is 7.31. The summed E-state index contributed by atoms with van der Waals surface area (Å²) in [6, 6.07) is 1.70. The topological polar surface area (TPSA) is 61.1 Å². The lowest BCUT2D eigenvalue weighted by atomic mass is 9.83. The Labute approximate surface area is 158 Å². The van der Waals surface area contributed by atoms with Crippen LogP contribution in [0.2, 0.25) is 0 Å². The first-order valence-electron chi connectivity index (χ1n) is 7.94. The molecule has 0 saturated carbocycles. The lowest BCUT2D eigenvalue weighted by Gasteiger charge is -2.22. The van der Waals surface area contributed by atoms with Gasteiger partial charge in [-0.15, -0.1) is 36.4 Å². The van der Waals surface area contributed by atoms with Crippen molar-refractivity contribution in [1.82, 2.24) is 0 Å². The predicted octanol–water partition coefficient (Wildman–Crippen LogP) is 5.65. The van der Waals surface area contributed by atoms with E-state index >= 15 is 0 Å². The molecule has 0 amide bonds. The molecule has 0 aliphatic rings. The molecule has 0 saturated heterocycles. The third-order valence-electron chi connectivity index (χ3n) is 2.87. The van der Waals surface area contributed by atoms with E-state index in [9.17, 15) is 4.79 Å². The van der Waals surface area contributed by atoms with Crippen LogP contribution in [0.5, 0.6) is 0 Å². The Morgan fingerprint density at radius 1 is 1.12 bits per heavy atom. The maximum absolute atomic E-state index is 11.0. The number of carbonyl (C=O) groups is 1. The van der Waals surface area contributed by atoms with Crippen LogP contribution >= 0.6 is 23.2 Å². The fourth-order valence-corrected chi connectivity index (χ4v) is 1.71. The molecule has 0 fully saturated rings. The van der Waals surface area contributed by atoms with Gasteiger partial charge in [0.05, 0.1) is 17.6 Å². The van der Waals surface area contributed by atoms with E-state index in [2.05, 4.69) is 27.0 Å². The van der Waals surface area contributed by atoms with Crippen LogP contribution in [0.4, 0.5) is 0 Å². The lowest BCUT2D eigenvalue weighted by molar-refractivity contribution is -0.118. The summed E-state index contributed by atoms with van der Waals surface area (Å²) in [4.78, 5) is 11.0. The zero-order chi connectivity index (χ0) is 19.6. The van der Waals surface area contributed by atoms with Crippen molar-refractivity contribution in [3.05, 3.63) is 25.3 Å². The molecular weight excluding hydrogens is 345 g/mol. The quantitative estimate of drug-likeness (QED) is 0.417. The van der Waals surface area contributed by atoms with Crippen molar-refractivity contribution in [3.8, 4) is 6.07 Å². The van der Waals surface area contributed by atoms with Crippen molar-refractivity contribution in [2.75, 3.05) is 11.8 Å². The first-order valence-corrected chi connectivity index (χ1v) is 9.01. The summed E-state index contributed by atoms with van der Waals surface area (Å²) in [5, 5.41) is 16.6. The molecule has 0 heterocycles. The minimum absolute atomic E-state index is 0.0696. The molecule has 0 spiro atoms. The van der Waals surface area contributed by atoms with E-state index < -0.39 is 5.60 Å². The zero-order valence-corrected chi connectivity index (χ0v) is 17.1. The number of Topliss-reactive ketones (excluding diaryl/α,β-unsaturated/α-hetero) is 1. The first-order chi connectivity index (χ1) is 11.0. The van der Waals surface area contributed by atoms with Crippen LogP contribution < -0.4 is 0 Å². The van der Waals surface area contributed by atoms with Crippen molar-refractivity contribution in [1.29, 1.82) is 5.26 Å². The second-order valence-electron chi connectivity index (χ2n) is 6.77. The molecule has 0 unspecified atom stereocenters. The molecule has 0 rings (SSSR count). The first kappa shape index (κ1) is 28.0. The Morgan fingerprint density at radius 3 is 1.79 bits per heavy atom. The molecule has 140 valence electrons. The van der Waals surface area contributed by atoms with Gasteiger partial charge in [-0.25, -0.2) is 0 Å². The van der Waals surface area contributed by atoms with Gasteiger partial charge < -0.3 is 5.11 Å². The number of hydrogen-bond acceptors (Lipinski definition) is 3. The summed E-state index contributed by atoms with van der Waals surface area (Å²) in [6.45, 7) is 15.0. The van der Waals surface area contributed by atoms with Crippen LogP contribution in [0.15, 0.2) is 25.3 Å². The molecule has 0 aromatic heterocycles. The standard InChI is InChI=1S/C10H17ClO.C7H14O.C2H2ClN/c1-4-5-6-10(2,3)7-9(12)8-11;1-4-5-6-7(2,3)8;3-1-2-4/h4H,1,5-8H2,2-3H3;4,8H,1,5-6H2,2-3H3;1H2. The Morgan fingerprint density at radius 2 is 1.54 bits per heavy atom. The highest BCUT2D eigenvalue weighted by Gasteiger charge is 2.20. The number of nitriles is 1. The summed E-state index contributed by atoms with van der Waals surface area (Å²) in [6.07, 6.45) is 7.93.